The molecule has 31 heavy (non-hydrogen) atoms. The molecule has 3 heterocycles. The number of nitrogens with zero attached hydrogens (tertiary/aromatic N) is 4. The van der Waals surface area contributed by atoms with E-state index >= 15 is 0 Å². The zero-order chi connectivity index (χ0) is 22.1. The first-order valence-electron chi connectivity index (χ1n) is 9.61. The second-order valence-electron chi connectivity index (χ2n) is 7.08. The molecule has 0 spiro atoms. The number of rotatable bonds is 5. The van der Waals surface area contributed by atoms with Gasteiger partial charge in [-0.1, -0.05) is 18.2 Å². The van der Waals surface area contributed by atoms with Gasteiger partial charge in [0.1, 0.15) is 11.6 Å². The van der Waals surface area contributed by atoms with Crippen LogP contribution in [0, 0.1) is 5.82 Å². The Morgan fingerprint density at radius 1 is 1.19 bits per heavy atom. The highest BCUT2D eigenvalue weighted by atomic mass is 35.5. The van der Waals surface area contributed by atoms with Gasteiger partial charge in [0, 0.05) is 17.8 Å². The van der Waals surface area contributed by atoms with Crippen LogP contribution in [0.4, 0.5) is 19.0 Å². The fraction of sp³-hybridized carbons (Fsp3) is 0.350. The maximum Gasteiger partial charge on any atom is 0.271 e. The first-order valence-corrected chi connectivity index (χ1v) is 9.99. The van der Waals surface area contributed by atoms with E-state index in [0.29, 0.717) is 37.2 Å². The van der Waals surface area contributed by atoms with Crippen molar-refractivity contribution in [3.63, 3.8) is 0 Å². The van der Waals surface area contributed by atoms with Gasteiger partial charge >= 0.3 is 0 Å². The molecule has 7 nitrogen and oxygen atoms in total. The standard InChI is InChI=1S/C20H19ClF3N5O2/c1-11(12-3-2-4-13(17(12)22)18(23)24)25-19-14-10-29(28-5-7-31-8-6-28)16(30)9-15(14)26-20(21)27-19/h2-4,9-11,18H,5-8H2,1H3,(H,25,26,27)/t11-/m1/s1. The highest BCUT2D eigenvalue weighted by Crippen LogP contribution is 2.30. The van der Waals surface area contributed by atoms with E-state index in [9.17, 15) is 18.0 Å². The van der Waals surface area contributed by atoms with Gasteiger partial charge in [0.2, 0.25) is 5.28 Å². The lowest BCUT2D eigenvalue weighted by Crippen LogP contribution is -2.48. The van der Waals surface area contributed by atoms with Crippen LogP contribution in [0.15, 0.2) is 35.3 Å². The Labute approximate surface area is 180 Å². The van der Waals surface area contributed by atoms with Crippen LogP contribution in [0.2, 0.25) is 5.28 Å². The number of ether oxygens (including phenoxy) is 1. The van der Waals surface area contributed by atoms with Crippen molar-refractivity contribution in [3.8, 4) is 0 Å². The fourth-order valence-corrected chi connectivity index (χ4v) is 3.69. The normalized spacial score (nSPS) is 15.5. The van der Waals surface area contributed by atoms with Gasteiger partial charge < -0.3 is 15.1 Å². The van der Waals surface area contributed by atoms with E-state index in [2.05, 4.69) is 15.3 Å². The number of pyridine rings is 1. The van der Waals surface area contributed by atoms with Gasteiger partial charge in [0.25, 0.3) is 12.0 Å². The summed E-state index contributed by atoms with van der Waals surface area (Å²) in [6, 6.07) is 4.48. The molecule has 1 N–H and O–H groups in total. The summed E-state index contributed by atoms with van der Waals surface area (Å²) in [7, 11) is 0. The number of nitrogens with one attached hydrogen (secondary N) is 1. The summed E-state index contributed by atoms with van der Waals surface area (Å²) in [6.07, 6.45) is -1.34. The molecule has 0 amide bonds. The third kappa shape index (κ3) is 4.31. The number of morpholine rings is 1. The Morgan fingerprint density at radius 2 is 1.90 bits per heavy atom. The van der Waals surface area contributed by atoms with Crippen molar-refractivity contribution in [1.29, 1.82) is 0 Å². The van der Waals surface area contributed by atoms with Gasteiger partial charge in [0.15, 0.2) is 0 Å². The number of hydrogen-bond acceptors (Lipinski definition) is 6. The minimum atomic E-state index is -2.93. The molecule has 4 rings (SSSR count). The molecular weight excluding hydrogens is 435 g/mol. The molecule has 3 aromatic rings. The quantitative estimate of drug-likeness (QED) is 0.594. The molecule has 1 fully saturated rings. The van der Waals surface area contributed by atoms with Crippen molar-refractivity contribution in [2.45, 2.75) is 19.4 Å². The van der Waals surface area contributed by atoms with Crippen LogP contribution in [-0.4, -0.2) is 40.9 Å². The lowest BCUT2D eigenvalue weighted by Gasteiger charge is -2.30. The SMILES string of the molecule is C[C@@H](Nc1nc(Cl)nc2cc(=O)n(N3CCOCC3)cc12)c1cccc(C(F)F)c1F. The van der Waals surface area contributed by atoms with Crippen molar-refractivity contribution in [2.24, 2.45) is 0 Å². The number of hydrogen-bond donors (Lipinski definition) is 1. The number of fused-ring (bicyclic) bond motifs is 1. The van der Waals surface area contributed by atoms with E-state index < -0.39 is 23.8 Å². The summed E-state index contributed by atoms with van der Waals surface area (Å²) in [5.74, 6) is -0.724. The number of halogens is 4. The largest absolute Gasteiger partial charge is 0.378 e. The van der Waals surface area contributed by atoms with E-state index in [4.69, 9.17) is 16.3 Å². The Bertz CT molecular complexity index is 1170. The molecule has 1 aromatic carbocycles. The molecule has 0 aliphatic carbocycles. The van der Waals surface area contributed by atoms with Crippen LogP contribution in [0.3, 0.4) is 0 Å². The van der Waals surface area contributed by atoms with Crippen molar-refractivity contribution >= 4 is 28.3 Å². The third-order valence-corrected chi connectivity index (χ3v) is 5.26. The fourth-order valence-electron chi connectivity index (χ4n) is 3.52. The van der Waals surface area contributed by atoms with Gasteiger partial charge in [-0.2, -0.15) is 0 Å². The topological polar surface area (TPSA) is 72.3 Å². The Morgan fingerprint density at radius 3 is 2.61 bits per heavy atom. The minimum absolute atomic E-state index is 0.0576. The second kappa shape index (κ2) is 8.72. The van der Waals surface area contributed by atoms with Crippen molar-refractivity contribution in [3.05, 3.63) is 63.0 Å². The molecule has 0 saturated carbocycles. The molecular formula is C20H19ClF3N5O2. The first kappa shape index (κ1) is 21.4. The second-order valence-corrected chi connectivity index (χ2v) is 7.42. The van der Waals surface area contributed by atoms with Gasteiger partial charge in [-0.15, -0.1) is 0 Å². The molecule has 1 aliphatic heterocycles. The van der Waals surface area contributed by atoms with E-state index in [-0.39, 0.29) is 22.2 Å². The third-order valence-electron chi connectivity index (χ3n) is 5.09. The predicted molar refractivity (Wildman–Crippen MR) is 111 cm³/mol. The average molecular weight is 454 g/mol. The van der Waals surface area contributed by atoms with Crippen LogP contribution in [0.25, 0.3) is 10.9 Å². The van der Waals surface area contributed by atoms with Crippen LogP contribution >= 0.6 is 11.6 Å². The Balaban J connectivity index is 1.75. The number of anilines is 1. The molecule has 164 valence electrons. The van der Waals surface area contributed by atoms with E-state index in [1.807, 2.05) is 5.01 Å². The molecule has 11 heteroatoms. The van der Waals surface area contributed by atoms with E-state index in [1.165, 1.54) is 22.9 Å². The van der Waals surface area contributed by atoms with Crippen molar-refractivity contribution < 1.29 is 17.9 Å². The highest BCUT2D eigenvalue weighted by molar-refractivity contribution is 6.28. The summed E-state index contributed by atoms with van der Waals surface area (Å²) in [5, 5.41) is 5.23. The zero-order valence-corrected chi connectivity index (χ0v) is 17.2. The highest BCUT2D eigenvalue weighted by Gasteiger charge is 2.21. The Kier molecular flexibility index (Phi) is 6.01. The predicted octanol–water partition coefficient (Wildman–Crippen LogP) is 3.66. The smallest absolute Gasteiger partial charge is 0.271 e. The molecule has 0 bridgehead atoms. The lowest BCUT2D eigenvalue weighted by atomic mass is 10.0. The van der Waals surface area contributed by atoms with Crippen LogP contribution < -0.4 is 15.9 Å². The van der Waals surface area contributed by atoms with Crippen LogP contribution in [0.1, 0.15) is 30.5 Å². The van der Waals surface area contributed by atoms with Crippen LogP contribution in [-0.2, 0) is 4.74 Å². The van der Waals surface area contributed by atoms with Gasteiger partial charge in [-0.25, -0.2) is 27.8 Å². The average Bonchev–Trinajstić information content (AvgIpc) is 2.73. The maximum absolute atomic E-state index is 14.6. The summed E-state index contributed by atoms with van der Waals surface area (Å²) in [5.41, 5.74) is -0.593. The van der Waals surface area contributed by atoms with Gasteiger partial charge in [0.05, 0.1) is 48.8 Å². The monoisotopic (exact) mass is 453 g/mol. The molecule has 1 saturated heterocycles. The summed E-state index contributed by atoms with van der Waals surface area (Å²) < 4.78 is 47.5. The molecule has 1 atom stereocenters. The molecule has 1 aliphatic rings. The molecule has 0 radical (unpaired) electrons. The van der Waals surface area contributed by atoms with Crippen LogP contribution in [0.5, 0.6) is 0 Å². The van der Waals surface area contributed by atoms with E-state index in [0.717, 1.165) is 6.07 Å². The molecule has 0 unspecified atom stereocenters. The Hall–Kier alpha value is -2.85. The lowest BCUT2D eigenvalue weighted by molar-refractivity contribution is 0.111. The first-order chi connectivity index (χ1) is 14.8. The number of aromatic nitrogens is 3. The number of alkyl halides is 2. The zero-order valence-electron chi connectivity index (χ0n) is 16.5. The molecule has 2 aromatic heterocycles. The maximum atomic E-state index is 14.6. The summed E-state index contributed by atoms with van der Waals surface area (Å²) >= 11 is 6.02. The van der Waals surface area contributed by atoms with Crippen molar-refractivity contribution in [1.82, 2.24) is 14.6 Å². The van der Waals surface area contributed by atoms with E-state index in [1.54, 1.807) is 13.1 Å². The van der Waals surface area contributed by atoms with Gasteiger partial charge in [-0.05, 0) is 18.5 Å². The minimum Gasteiger partial charge on any atom is -0.378 e. The van der Waals surface area contributed by atoms with Gasteiger partial charge in [-0.3, -0.25) is 4.79 Å². The number of benzene rings is 1. The summed E-state index contributed by atoms with van der Waals surface area (Å²) in [6.45, 7) is 3.66. The van der Waals surface area contributed by atoms with Crippen molar-refractivity contribution in [2.75, 3.05) is 36.6 Å². The summed E-state index contributed by atoms with van der Waals surface area (Å²) in [4.78, 5) is 20.9.